The number of rotatable bonds is 6. The molecule has 3 rings (SSSR count). The number of likely N-dealkylation sites (tertiary alicyclic amines) is 1. The maximum Gasteiger partial charge on any atom is 0.0602 e. The molecule has 3 nitrogen and oxygen atoms in total. The van der Waals surface area contributed by atoms with Crippen molar-refractivity contribution < 1.29 is 5.11 Å². The van der Waals surface area contributed by atoms with Gasteiger partial charge in [0.2, 0.25) is 0 Å². The quantitative estimate of drug-likeness (QED) is 0.842. The molecule has 1 saturated heterocycles. The molecule has 1 aromatic rings. The van der Waals surface area contributed by atoms with Crippen LogP contribution in [0.1, 0.15) is 31.2 Å². The molecule has 0 aromatic heterocycles. The number of benzene rings is 1. The van der Waals surface area contributed by atoms with E-state index in [0.717, 1.165) is 19.0 Å². The van der Waals surface area contributed by atoms with Gasteiger partial charge in [-0.15, -0.1) is 0 Å². The molecule has 21 heavy (non-hydrogen) atoms. The molecule has 0 amide bonds. The zero-order valence-corrected chi connectivity index (χ0v) is 12.8. The molecule has 0 radical (unpaired) electrons. The minimum atomic E-state index is 0.167. The van der Waals surface area contributed by atoms with Crippen molar-refractivity contribution in [1.29, 1.82) is 0 Å². The van der Waals surface area contributed by atoms with Gasteiger partial charge in [-0.25, -0.2) is 0 Å². The van der Waals surface area contributed by atoms with E-state index in [0.29, 0.717) is 5.92 Å². The van der Waals surface area contributed by atoms with Gasteiger partial charge in [-0.05, 0) is 62.6 Å². The fourth-order valence-corrected chi connectivity index (χ4v) is 3.71. The van der Waals surface area contributed by atoms with Crippen molar-refractivity contribution in [1.82, 2.24) is 4.90 Å². The number of nitrogens with zero attached hydrogens (tertiary/aromatic N) is 1. The number of piperidine rings is 1. The van der Waals surface area contributed by atoms with E-state index in [9.17, 15) is 5.11 Å². The van der Waals surface area contributed by atoms with Gasteiger partial charge in [0.1, 0.15) is 0 Å². The van der Waals surface area contributed by atoms with Crippen LogP contribution in [0.3, 0.4) is 0 Å². The molecule has 116 valence electrons. The van der Waals surface area contributed by atoms with Crippen LogP contribution in [-0.2, 0) is 6.42 Å². The Bertz CT molecular complexity index is 424. The third-order valence-electron chi connectivity index (χ3n) is 5.28. The fraction of sp³-hybridized carbons (Fsp3) is 0.667. The highest BCUT2D eigenvalue weighted by atomic mass is 16.3. The predicted molar refractivity (Wildman–Crippen MR) is 86.0 cm³/mol. The van der Waals surface area contributed by atoms with Crippen molar-refractivity contribution in [3.05, 3.63) is 35.9 Å². The van der Waals surface area contributed by atoms with Crippen LogP contribution in [0, 0.1) is 11.8 Å². The predicted octanol–water partition coefficient (Wildman–Crippen LogP) is 2.04. The van der Waals surface area contributed by atoms with Gasteiger partial charge in [-0.3, -0.25) is 4.90 Å². The Morgan fingerprint density at radius 1 is 1.10 bits per heavy atom. The van der Waals surface area contributed by atoms with Crippen molar-refractivity contribution in [3.63, 3.8) is 0 Å². The van der Waals surface area contributed by atoms with E-state index in [2.05, 4.69) is 35.2 Å². The summed E-state index contributed by atoms with van der Waals surface area (Å²) in [6, 6.07) is 11.1. The summed E-state index contributed by atoms with van der Waals surface area (Å²) in [4.78, 5) is 2.44. The average Bonchev–Trinajstić information content (AvgIpc) is 3.35. The Morgan fingerprint density at radius 2 is 1.76 bits per heavy atom. The molecule has 1 aliphatic carbocycles. The lowest BCUT2D eigenvalue weighted by atomic mass is 9.89. The van der Waals surface area contributed by atoms with E-state index in [1.165, 1.54) is 37.7 Å². The number of nitrogens with two attached hydrogens (primary N) is 1. The minimum absolute atomic E-state index is 0.167. The van der Waals surface area contributed by atoms with Crippen molar-refractivity contribution in [3.8, 4) is 0 Å². The molecule has 0 spiro atoms. The molecule has 3 heteroatoms. The SMILES string of the molecule is NC(C1CC1)C(CO)N1CCC(Cc2ccccc2)CC1. The Morgan fingerprint density at radius 3 is 2.33 bits per heavy atom. The van der Waals surface area contributed by atoms with Gasteiger partial charge >= 0.3 is 0 Å². The Labute approximate surface area is 128 Å². The first kappa shape index (κ1) is 15.0. The van der Waals surface area contributed by atoms with Gasteiger partial charge in [0, 0.05) is 12.1 Å². The number of hydrogen-bond donors (Lipinski definition) is 2. The molecule has 1 heterocycles. The second-order valence-corrected chi connectivity index (χ2v) is 6.83. The number of aliphatic hydroxyl groups excluding tert-OH is 1. The zero-order chi connectivity index (χ0) is 14.7. The van der Waals surface area contributed by atoms with E-state index in [1.807, 2.05) is 0 Å². The molecular weight excluding hydrogens is 260 g/mol. The van der Waals surface area contributed by atoms with E-state index in [-0.39, 0.29) is 18.7 Å². The highest BCUT2D eigenvalue weighted by molar-refractivity contribution is 5.15. The van der Waals surface area contributed by atoms with Crippen LogP contribution >= 0.6 is 0 Å². The summed E-state index contributed by atoms with van der Waals surface area (Å²) in [7, 11) is 0. The lowest BCUT2D eigenvalue weighted by molar-refractivity contribution is 0.0671. The summed E-state index contributed by atoms with van der Waals surface area (Å²) in [6.45, 7) is 2.38. The molecule has 1 aromatic carbocycles. The first-order valence-corrected chi connectivity index (χ1v) is 8.42. The fourth-order valence-electron chi connectivity index (χ4n) is 3.71. The normalized spacial score (nSPS) is 23.9. The molecule has 1 aliphatic heterocycles. The summed E-state index contributed by atoms with van der Waals surface area (Å²) in [5.74, 6) is 1.43. The Kier molecular flexibility index (Phi) is 4.94. The standard InChI is InChI=1S/C18H28N2O/c19-18(16-6-7-16)17(13-21)20-10-8-15(9-11-20)12-14-4-2-1-3-5-14/h1-5,15-18,21H,6-13,19H2. The summed E-state index contributed by atoms with van der Waals surface area (Å²) in [5.41, 5.74) is 7.77. The highest BCUT2D eigenvalue weighted by Gasteiger charge is 2.37. The van der Waals surface area contributed by atoms with E-state index in [4.69, 9.17) is 5.73 Å². The van der Waals surface area contributed by atoms with Crippen molar-refractivity contribution in [2.75, 3.05) is 19.7 Å². The molecule has 2 aliphatic rings. The summed E-state index contributed by atoms with van der Waals surface area (Å²) in [6.07, 6.45) is 6.14. The van der Waals surface area contributed by atoms with Gasteiger partial charge in [0.15, 0.2) is 0 Å². The second kappa shape index (κ2) is 6.91. The topological polar surface area (TPSA) is 49.5 Å². The van der Waals surface area contributed by atoms with E-state index < -0.39 is 0 Å². The van der Waals surface area contributed by atoms with Crippen LogP contribution in [0.2, 0.25) is 0 Å². The number of aliphatic hydroxyl groups is 1. The van der Waals surface area contributed by atoms with Gasteiger partial charge in [0.05, 0.1) is 6.61 Å². The molecule has 2 unspecified atom stereocenters. The second-order valence-electron chi connectivity index (χ2n) is 6.83. The highest BCUT2D eigenvalue weighted by Crippen LogP contribution is 2.35. The van der Waals surface area contributed by atoms with E-state index >= 15 is 0 Å². The lowest BCUT2D eigenvalue weighted by Crippen LogP contribution is -2.53. The van der Waals surface area contributed by atoms with Crippen molar-refractivity contribution >= 4 is 0 Å². The summed E-state index contributed by atoms with van der Waals surface area (Å²) < 4.78 is 0. The first-order valence-electron chi connectivity index (χ1n) is 8.42. The van der Waals surface area contributed by atoms with Gasteiger partial charge < -0.3 is 10.8 Å². The molecule has 3 N–H and O–H groups in total. The van der Waals surface area contributed by atoms with Crippen LogP contribution in [-0.4, -0.2) is 41.8 Å². The van der Waals surface area contributed by atoms with Crippen LogP contribution < -0.4 is 5.73 Å². The van der Waals surface area contributed by atoms with Crippen molar-refractivity contribution in [2.45, 2.75) is 44.2 Å². The smallest absolute Gasteiger partial charge is 0.0602 e. The third kappa shape index (κ3) is 3.85. The first-order chi connectivity index (χ1) is 10.3. The van der Waals surface area contributed by atoms with Gasteiger partial charge in [0.25, 0.3) is 0 Å². The lowest BCUT2D eigenvalue weighted by Gasteiger charge is -2.39. The van der Waals surface area contributed by atoms with Gasteiger partial charge in [-0.2, -0.15) is 0 Å². The summed E-state index contributed by atoms with van der Waals surface area (Å²) in [5, 5.41) is 9.70. The third-order valence-corrected chi connectivity index (χ3v) is 5.28. The molecule has 0 bridgehead atoms. The van der Waals surface area contributed by atoms with Crippen LogP contribution in [0.4, 0.5) is 0 Å². The molecule has 2 fully saturated rings. The molecule has 2 atom stereocenters. The summed E-state index contributed by atoms with van der Waals surface area (Å²) >= 11 is 0. The van der Waals surface area contributed by atoms with Crippen molar-refractivity contribution in [2.24, 2.45) is 17.6 Å². The Hall–Kier alpha value is -0.900. The van der Waals surface area contributed by atoms with Crippen LogP contribution in [0.25, 0.3) is 0 Å². The van der Waals surface area contributed by atoms with Gasteiger partial charge in [-0.1, -0.05) is 30.3 Å². The van der Waals surface area contributed by atoms with E-state index in [1.54, 1.807) is 0 Å². The number of hydrogen-bond acceptors (Lipinski definition) is 3. The minimum Gasteiger partial charge on any atom is -0.395 e. The molecule has 1 saturated carbocycles. The Balaban J connectivity index is 1.50. The maximum atomic E-state index is 9.70. The maximum absolute atomic E-state index is 9.70. The zero-order valence-electron chi connectivity index (χ0n) is 12.8. The van der Waals surface area contributed by atoms with Crippen LogP contribution in [0.15, 0.2) is 30.3 Å². The van der Waals surface area contributed by atoms with Crippen LogP contribution in [0.5, 0.6) is 0 Å². The monoisotopic (exact) mass is 288 g/mol. The average molecular weight is 288 g/mol. The molecular formula is C18H28N2O. The largest absolute Gasteiger partial charge is 0.395 e.